The van der Waals surface area contributed by atoms with Crippen LogP contribution in [0.1, 0.15) is 17.0 Å². The zero-order chi connectivity index (χ0) is 15.5. The van der Waals surface area contributed by atoms with Crippen molar-refractivity contribution in [1.29, 1.82) is 0 Å². The van der Waals surface area contributed by atoms with E-state index in [4.69, 9.17) is 4.52 Å². The van der Waals surface area contributed by atoms with Crippen molar-refractivity contribution in [3.8, 4) is 0 Å². The molecule has 4 nitrogen and oxygen atoms in total. The predicted octanol–water partition coefficient (Wildman–Crippen LogP) is 3.66. The fourth-order valence-electron chi connectivity index (χ4n) is 2.45. The smallest absolute Gasteiger partial charge is 0.237 e. The van der Waals surface area contributed by atoms with Gasteiger partial charge < -0.3 is 9.42 Å². The van der Waals surface area contributed by atoms with Crippen LogP contribution in [-0.2, 0) is 10.5 Å². The number of carbonyl (C=O) groups excluding carboxylic acids is 1. The summed E-state index contributed by atoms with van der Waals surface area (Å²) in [4.78, 5) is 15.6. The number of amides is 1. The number of carbonyl (C=O) groups is 1. The van der Waals surface area contributed by atoms with Crippen molar-refractivity contribution < 1.29 is 9.32 Å². The van der Waals surface area contributed by atoms with Crippen LogP contribution < -0.4 is 4.90 Å². The Kier molecular flexibility index (Phi) is 4.78. The average Bonchev–Trinajstić information content (AvgIpc) is 2.86. The van der Waals surface area contributed by atoms with Crippen molar-refractivity contribution in [2.24, 2.45) is 0 Å². The van der Waals surface area contributed by atoms with Crippen LogP contribution in [0.4, 0.5) is 5.69 Å². The first-order valence-corrected chi connectivity index (χ1v) is 9.32. The minimum absolute atomic E-state index is 0.171. The summed E-state index contributed by atoms with van der Waals surface area (Å²) in [6.45, 7) is 4.63. The highest BCUT2D eigenvalue weighted by atomic mass is 32.2. The molecule has 2 aromatic rings. The molecule has 0 fully saturated rings. The maximum Gasteiger partial charge on any atom is 0.237 e. The molecule has 116 valence electrons. The summed E-state index contributed by atoms with van der Waals surface area (Å²) in [6.07, 6.45) is 0. The molecule has 0 saturated heterocycles. The average molecular weight is 334 g/mol. The van der Waals surface area contributed by atoms with Gasteiger partial charge in [-0.3, -0.25) is 4.79 Å². The van der Waals surface area contributed by atoms with Crippen LogP contribution in [0.15, 0.2) is 33.7 Å². The molecular formula is C16H18N2O2S2. The molecule has 0 N–H and O–H groups in total. The molecule has 3 rings (SSSR count). The highest BCUT2D eigenvalue weighted by Gasteiger charge is 2.22. The van der Waals surface area contributed by atoms with Crippen LogP contribution in [0.5, 0.6) is 0 Å². The van der Waals surface area contributed by atoms with Crippen LogP contribution in [0.25, 0.3) is 0 Å². The quantitative estimate of drug-likeness (QED) is 0.854. The van der Waals surface area contributed by atoms with Crippen molar-refractivity contribution in [1.82, 2.24) is 5.16 Å². The number of fused-ring (bicyclic) bond motifs is 1. The molecule has 0 bridgehead atoms. The van der Waals surface area contributed by atoms with E-state index < -0.39 is 0 Å². The lowest BCUT2D eigenvalue weighted by atomic mass is 10.2. The van der Waals surface area contributed by atoms with E-state index in [0.29, 0.717) is 5.75 Å². The maximum absolute atomic E-state index is 12.5. The van der Waals surface area contributed by atoms with Gasteiger partial charge in [-0.05, 0) is 26.0 Å². The van der Waals surface area contributed by atoms with Crippen LogP contribution in [0.2, 0.25) is 0 Å². The largest absolute Gasteiger partial charge is 0.361 e. The van der Waals surface area contributed by atoms with Gasteiger partial charge in [-0.15, -0.1) is 23.5 Å². The van der Waals surface area contributed by atoms with E-state index in [1.165, 1.54) is 4.90 Å². The molecule has 1 amide bonds. The number of hydrogen-bond donors (Lipinski definition) is 0. The van der Waals surface area contributed by atoms with Crippen LogP contribution >= 0.6 is 23.5 Å². The third-order valence-electron chi connectivity index (χ3n) is 3.68. The summed E-state index contributed by atoms with van der Waals surface area (Å²) in [6, 6.07) is 8.11. The van der Waals surface area contributed by atoms with E-state index in [0.717, 1.165) is 40.8 Å². The SMILES string of the molecule is Cc1noc(C)c1CSCC(=O)N1CCSc2ccccc21. The number of aryl methyl sites for hydroxylation is 2. The van der Waals surface area contributed by atoms with E-state index in [-0.39, 0.29) is 5.91 Å². The third kappa shape index (κ3) is 3.17. The summed E-state index contributed by atoms with van der Waals surface area (Å²) < 4.78 is 5.15. The van der Waals surface area contributed by atoms with Gasteiger partial charge in [0.05, 0.1) is 17.1 Å². The third-order valence-corrected chi connectivity index (χ3v) is 5.67. The Balaban J connectivity index is 1.61. The van der Waals surface area contributed by atoms with Crippen molar-refractivity contribution >= 4 is 35.1 Å². The topological polar surface area (TPSA) is 46.3 Å². The van der Waals surface area contributed by atoms with Crippen molar-refractivity contribution in [2.75, 3.05) is 23.0 Å². The Hall–Kier alpha value is -1.40. The molecule has 0 atom stereocenters. The fraction of sp³-hybridized carbons (Fsp3) is 0.375. The van der Waals surface area contributed by atoms with Gasteiger partial charge in [0.15, 0.2) is 0 Å². The monoisotopic (exact) mass is 334 g/mol. The summed E-state index contributed by atoms with van der Waals surface area (Å²) in [5.74, 6) is 3.21. The summed E-state index contributed by atoms with van der Waals surface area (Å²) >= 11 is 3.43. The summed E-state index contributed by atoms with van der Waals surface area (Å²) in [5, 5.41) is 3.95. The number of benzene rings is 1. The van der Waals surface area contributed by atoms with E-state index in [1.54, 1.807) is 11.8 Å². The standard InChI is InChI=1S/C16H18N2O2S2/c1-11-13(12(2)20-17-11)9-21-10-16(19)18-7-8-22-15-6-4-3-5-14(15)18/h3-6H,7-10H2,1-2H3. The first kappa shape index (κ1) is 15.5. The van der Waals surface area contributed by atoms with Crippen LogP contribution in [0.3, 0.4) is 0 Å². The minimum atomic E-state index is 0.171. The number of para-hydroxylation sites is 1. The molecule has 2 heterocycles. The zero-order valence-corrected chi connectivity index (χ0v) is 14.3. The second-order valence-electron chi connectivity index (χ2n) is 5.16. The Bertz CT molecular complexity index is 665. The second kappa shape index (κ2) is 6.79. The lowest BCUT2D eigenvalue weighted by Crippen LogP contribution is -2.36. The van der Waals surface area contributed by atoms with Gasteiger partial charge in [-0.2, -0.15) is 0 Å². The van der Waals surface area contributed by atoms with Gasteiger partial charge in [0, 0.05) is 28.5 Å². The molecule has 0 saturated carbocycles. The number of nitrogens with zero attached hydrogens (tertiary/aromatic N) is 2. The Morgan fingerprint density at radius 1 is 1.41 bits per heavy atom. The van der Waals surface area contributed by atoms with E-state index in [2.05, 4.69) is 11.2 Å². The first-order valence-electron chi connectivity index (χ1n) is 7.18. The van der Waals surface area contributed by atoms with Gasteiger partial charge in [0.2, 0.25) is 5.91 Å². The molecular weight excluding hydrogens is 316 g/mol. The first-order chi connectivity index (χ1) is 10.7. The van der Waals surface area contributed by atoms with E-state index in [1.807, 2.05) is 48.7 Å². The maximum atomic E-state index is 12.5. The van der Waals surface area contributed by atoms with Gasteiger partial charge in [0.25, 0.3) is 0 Å². The molecule has 0 unspecified atom stereocenters. The van der Waals surface area contributed by atoms with Crippen molar-refractivity contribution in [3.05, 3.63) is 41.3 Å². The van der Waals surface area contributed by atoms with Gasteiger partial charge in [-0.25, -0.2) is 0 Å². The zero-order valence-electron chi connectivity index (χ0n) is 12.7. The number of anilines is 1. The molecule has 22 heavy (non-hydrogen) atoms. The molecule has 0 radical (unpaired) electrons. The second-order valence-corrected chi connectivity index (χ2v) is 7.28. The fourth-order valence-corrected chi connectivity index (χ4v) is 4.50. The van der Waals surface area contributed by atoms with E-state index in [9.17, 15) is 4.79 Å². The Labute approximate surface area is 138 Å². The minimum Gasteiger partial charge on any atom is -0.361 e. The summed E-state index contributed by atoms with van der Waals surface area (Å²) in [7, 11) is 0. The van der Waals surface area contributed by atoms with Gasteiger partial charge in [-0.1, -0.05) is 17.3 Å². The van der Waals surface area contributed by atoms with Crippen molar-refractivity contribution in [3.63, 3.8) is 0 Å². The Morgan fingerprint density at radius 2 is 2.23 bits per heavy atom. The number of rotatable bonds is 4. The molecule has 6 heteroatoms. The van der Waals surface area contributed by atoms with Crippen molar-refractivity contribution in [2.45, 2.75) is 24.5 Å². The number of hydrogen-bond acceptors (Lipinski definition) is 5. The molecule has 1 aromatic heterocycles. The molecule has 1 aliphatic rings. The highest BCUT2D eigenvalue weighted by Crippen LogP contribution is 2.34. The summed E-state index contributed by atoms with van der Waals surface area (Å²) in [5.41, 5.74) is 3.06. The molecule has 0 spiro atoms. The molecule has 1 aromatic carbocycles. The number of thioether (sulfide) groups is 2. The van der Waals surface area contributed by atoms with Crippen LogP contribution in [-0.4, -0.2) is 29.1 Å². The Morgan fingerprint density at radius 3 is 3.00 bits per heavy atom. The predicted molar refractivity (Wildman–Crippen MR) is 91.7 cm³/mol. The van der Waals surface area contributed by atoms with Gasteiger partial charge >= 0.3 is 0 Å². The highest BCUT2D eigenvalue weighted by molar-refractivity contribution is 7.99. The lowest BCUT2D eigenvalue weighted by molar-refractivity contribution is -0.116. The number of aromatic nitrogens is 1. The van der Waals surface area contributed by atoms with E-state index >= 15 is 0 Å². The molecule has 1 aliphatic heterocycles. The van der Waals surface area contributed by atoms with Crippen LogP contribution in [0, 0.1) is 13.8 Å². The lowest BCUT2D eigenvalue weighted by Gasteiger charge is -2.28. The molecule has 0 aliphatic carbocycles. The normalized spacial score (nSPS) is 14.0. The van der Waals surface area contributed by atoms with Gasteiger partial charge in [0.1, 0.15) is 5.76 Å².